The molecule has 2 atom stereocenters. The van der Waals surface area contributed by atoms with Crippen LogP contribution in [0.3, 0.4) is 0 Å². The second-order valence-corrected chi connectivity index (χ2v) is 9.92. The Hall–Kier alpha value is -3.43. The molecule has 0 aliphatic rings. The first kappa shape index (κ1) is 25.2. The minimum absolute atomic E-state index is 0.00504. The Morgan fingerprint density at radius 1 is 1.00 bits per heavy atom. The van der Waals surface area contributed by atoms with E-state index in [4.69, 9.17) is 0 Å². The molecular weight excluding hydrogens is 455 g/mol. The number of rotatable bonds is 8. The number of nitrogens with one attached hydrogen (secondary N) is 3. The summed E-state index contributed by atoms with van der Waals surface area (Å²) in [6.07, 6.45) is 1.19. The molecule has 3 N–H and O–H groups in total. The van der Waals surface area contributed by atoms with Gasteiger partial charge in [0.05, 0.1) is 11.1 Å². The first-order valence-electron chi connectivity index (χ1n) is 10.7. The number of carbonyl (C=O) groups excluding carboxylic acids is 2. The lowest BCUT2D eigenvalue weighted by atomic mass is 10.0. The van der Waals surface area contributed by atoms with Crippen LogP contribution in [0.15, 0.2) is 77.8 Å². The minimum Gasteiger partial charge on any atom is -0.339 e. The van der Waals surface area contributed by atoms with Crippen molar-refractivity contribution in [1.29, 1.82) is 0 Å². The van der Waals surface area contributed by atoms with Gasteiger partial charge in [-0.2, -0.15) is 0 Å². The van der Waals surface area contributed by atoms with Crippen molar-refractivity contribution in [2.75, 3.05) is 5.32 Å². The summed E-state index contributed by atoms with van der Waals surface area (Å²) < 4.78 is 28.6. The van der Waals surface area contributed by atoms with Crippen LogP contribution in [-0.2, 0) is 22.2 Å². The zero-order valence-corrected chi connectivity index (χ0v) is 20.0. The van der Waals surface area contributed by atoms with Crippen LogP contribution in [0.5, 0.6) is 0 Å². The number of amides is 2. The molecule has 9 heteroatoms. The van der Waals surface area contributed by atoms with E-state index in [2.05, 4.69) is 20.3 Å². The van der Waals surface area contributed by atoms with Crippen molar-refractivity contribution in [1.82, 2.24) is 15.0 Å². The Balaban J connectivity index is 1.73. The highest BCUT2D eigenvalue weighted by atomic mass is 32.2. The Morgan fingerprint density at radius 3 is 2.26 bits per heavy atom. The Kier molecular flexibility index (Phi) is 8.25. The van der Waals surface area contributed by atoms with Crippen LogP contribution in [0.2, 0.25) is 0 Å². The first-order valence-corrected chi connectivity index (χ1v) is 11.8. The fourth-order valence-electron chi connectivity index (χ4n) is 3.03. The van der Waals surface area contributed by atoms with Gasteiger partial charge in [0.1, 0.15) is 28.5 Å². The Labute approximate surface area is 200 Å². The molecule has 0 fully saturated rings. The molecule has 2 aromatic carbocycles. The molecule has 34 heavy (non-hydrogen) atoms. The van der Waals surface area contributed by atoms with Crippen molar-refractivity contribution >= 4 is 28.5 Å². The molecule has 0 aliphatic carbocycles. The highest BCUT2D eigenvalue weighted by molar-refractivity contribution is 7.83. The normalized spacial score (nSPS) is 13.1. The lowest BCUT2D eigenvalue weighted by molar-refractivity contribution is -0.118. The monoisotopic (exact) mass is 482 g/mol. The fourth-order valence-corrected chi connectivity index (χ4v) is 4.09. The number of anilines is 1. The summed E-state index contributed by atoms with van der Waals surface area (Å²) in [6, 6.07) is 17.4. The molecule has 0 bridgehead atoms. The van der Waals surface area contributed by atoms with E-state index in [0.717, 1.165) is 17.8 Å². The van der Waals surface area contributed by atoms with Crippen molar-refractivity contribution in [2.45, 2.75) is 43.7 Å². The van der Waals surface area contributed by atoms with E-state index in [1.54, 1.807) is 24.3 Å². The first-order chi connectivity index (χ1) is 16.1. The lowest BCUT2D eigenvalue weighted by Crippen LogP contribution is -2.45. The van der Waals surface area contributed by atoms with E-state index in [1.807, 2.05) is 51.1 Å². The van der Waals surface area contributed by atoms with E-state index >= 15 is 0 Å². The molecule has 2 unspecified atom stereocenters. The fraction of sp³-hybridized carbons (Fsp3) is 0.240. The van der Waals surface area contributed by atoms with Gasteiger partial charge < -0.3 is 10.6 Å². The molecule has 3 rings (SSSR count). The maximum Gasteiger partial charge on any atom is 0.270 e. The topological polar surface area (TPSA) is 100 Å². The van der Waals surface area contributed by atoms with Crippen molar-refractivity contribution in [3.05, 3.63) is 90.0 Å². The number of carbonyl (C=O) groups is 2. The maximum atomic E-state index is 13.1. The summed E-state index contributed by atoms with van der Waals surface area (Å²) in [5, 5.41) is 5.47. The van der Waals surface area contributed by atoms with E-state index in [0.29, 0.717) is 10.6 Å². The molecular formula is C25H27FN4O3S. The predicted molar refractivity (Wildman–Crippen MR) is 130 cm³/mol. The van der Waals surface area contributed by atoms with Crippen LogP contribution in [0, 0.1) is 5.82 Å². The van der Waals surface area contributed by atoms with Crippen LogP contribution in [0.25, 0.3) is 0 Å². The molecule has 0 saturated carbocycles. The molecule has 0 saturated heterocycles. The molecule has 178 valence electrons. The second kappa shape index (κ2) is 11.1. The molecule has 1 heterocycles. The van der Waals surface area contributed by atoms with Gasteiger partial charge in [-0.25, -0.2) is 18.3 Å². The third-order valence-electron chi connectivity index (χ3n) is 4.60. The van der Waals surface area contributed by atoms with Crippen molar-refractivity contribution < 1.29 is 18.2 Å². The highest BCUT2D eigenvalue weighted by Crippen LogP contribution is 2.15. The second-order valence-electron chi connectivity index (χ2n) is 8.71. The van der Waals surface area contributed by atoms with Crippen LogP contribution in [0.1, 0.15) is 36.8 Å². The van der Waals surface area contributed by atoms with Gasteiger partial charge in [0.2, 0.25) is 5.91 Å². The number of aromatic nitrogens is 1. The molecule has 0 aliphatic heterocycles. The van der Waals surface area contributed by atoms with Crippen LogP contribution < -0.4 is 15.4 Å². The Morgan fingerprint density at radius 2 is 1.68 bits per heavy atom. The number of hydrogen-bond acceptors (Lipinski definition) is 4. The number of pyridine rings is 1. The number of nitrogens with zero attached hydrogens (tertiary/aromatic N) is 1. The van der Waals surface area contributed by atoms with Gasteiger partial charge in [-0.05, 0) is 62.7 Å². The van der Waals surface area contributed by atoms with Gasteiger partial charge in [0, 0.05) is 17.6 Å². The van der Waals surface area contributed by atoms with Crippen LogP contribution in [0.4, 0.5) is 10.1 Å². The van der Waals surface area contributed by atoms with Crippen LogP contribution >= 0.6 is 0 Å². The SMILES string of the molecule is CC(C)(C)NS(=O)c1ccc(NC(=O)C(Cc2ccccc2)NC(=O)c2ccc(F)cn2)cc1. The summed E-state index contributed by atoms with van der Waals surface area (Å²) in [6.45, 7) is 5.76. The summed E-state index contributed by atoms with van der Waals surface area (Å²) in [7, 11) is -1.39. The number of halogens is 1. The van der Waals surface area contributed by atoms with Gasteiger partial charge in [-0.15, -0.1) is 0 Å². The quantitative estimate of drug-likeness (QED) is 0.457. The van der Waals surface area contributed by atoms with Gasteiger partial charge in [-0.3, -0.25) is 9.59 Å². The Bertz CT molecular complexity index is 1150. The number of hydrogen-bond donors (Lipinski definition) is 3. The molecule has 2 amide bonds. The van der Waals surface area contributed by atoms with Gasteiger partial charge >= 0.3 is 0 Å². The van der Waals surface area contributed by atoms with Crippen LogP contribution in [-0.4, -0.2) is 32.6 Å². The van der Waals surface area contributed by atoms with Gasteiger partial charge in [-0.1, -0.05) is 30.3 Å². The zero-order chi connectivity index (χ0) is 24.7. The largest absolute Gasteiger partial charge is 0.339 e. The molecule has 3 aromatic rings. The molecule has 0 spiro atoms. The molecule has 7 nitrogen and oxygen atoms in total. The van der Waals surface area contributed by atoms with E-state index in [-0.39, 0.29) is 17.7 Å². The van der Waals surface area contributed by atoms with Gasteiger partial charge in [0.25, 0.3) is 5.91 Å². The number of benzene rings is 2. The van der Waals surface area contributed by atoms with Crippen molar-refractivity contribution in [2.24, 2.45) is 0 Å². The highest BCUT2D eigenvalue weighted by Gasteiger charge is 2.23. The predicted octanol–water partition coefficient (Wildman–Crippen LogP) is 3.61. The van der Waals surface area contributed by atoms with E-state index in [1.165, 1.54) is 6.07 Å². The third kappa shape index (κ3) is 7.57. The summed E-state index contributed by atoms with van der Waals surface area (Å²) in [5.41, 5.74) is 1.04. The summed E-state index contributed by atoms with van der Waals surface area (Å²) in [5.74, 6) is -1.58. The van der Waals surface area contributed by atoms with Gasteiger partial charge in [0.15, 0.2) is 0 Å². The average molecular weight is 483 g/mol. The standard InChI is InChI=1S/C25H27FN4O3S/c1-25(2,3)30-34(33)20-12-10-19(11-13-20)28-24(32)22(15-17-7-5-4-6-8-17)29-23(31)21-14-9-18(26)16-27-21/h4-14,16,22,30H,15H2,1-3H3,(H,28,32)(H,29,31). The van der Waals surface area contributed by atoms with Crippen molar-refractivity contribution in [3.8, 4) is 0 Å². The maximum absolute atomic E-state index is 13.1. The smallest absolute Gasteiger partial charge is 0.270 e. The zero-order valence-electron chi connectivity index (χ0n) is 19.2. The minimum atomic E-state index is -1.39. The van der Waals surface area contributed by atoms with Crippen molar-refractivity contribution in [3.63, 3.8) is 0 Å². The molecule has 1 aromatic heterocycles. The van der Waals surface area contributed by atoms with E-state index < -0.39 is 34.7 Å². The molecule has 0 radical (unpaired) electrons. The summed E-state index contributed by atoms with van der Waals surface area (Å²) >= 11 is 0. The average Bonchev–Trinajstić information content (AvgIpc) is 2.79. The van der Waals surface area contributed by atoms with E-state index in [9.17, 15) is 18.2 Å². The summed E-state index contributed by atoms with van der Waals surface area (Å²) in [4.78, 5) is 30.0. The third-order valence-corrected chi connectivity index (χ3v) is 6.10. The lowest BCUT2D eigenvalue weighted by Gasteiger charge is -2.20.